The molecule has 1 aliphatic rings. The molecule has 27 heavy (non-hydrogen) atoms. The highest BCUT2D eigenvalue weighted by Crippen LogP contribution is 2.28. The van der Waals surface area contributed by atoms with Crippen molar-refractivity contribution in [1.29, 1.82) is 0 Å². The number of benzene rings is 1. The molecule has 1 aromatic carbocycles. The summed E-state index contributed by atoms with van der Waals surface area (Å²) in [4.78, 5) is 24.3. The first kappa shape index (κ1) is 21.5. The van der Waals surface area contributed by atoms with Crippen molar-refractivity contribution >= 4 is 29.5 Å². The number of esters is 2. The predicted octanol–water partition coefficient (Wildman–Crippen LogP) is 3.20. The number of nitrogens with one attached hydrogen (secondary N) is 1. The van der Waals surface area contributed by atoms with Crippen LogP contribution in [-0.2, 0) is 20.7 Å². The van der Waals surface area contributed by atoms with Gasteiger partial charge in [0.25, 0.3) is 0 Å². The Bertz CT molecular complexity index is 644. The molecule has 0 aromatic heterocycles. The van der Waals surface area contributed by atoms with E-state index in [1.54, 1.807) is 17.5 Å². The molecule has 1 saturated heterocycles. The lowest BCUT2D eigenvalue weighted by atomic mass is 9.86. The number of hydrogen-bond acceptors (Lipinski definition) is 6. The number of thiocarbonyl (C=S) groups is 1. The summed E-state index contributed by atoms with van der Waals surface area (Å²) in [7, 11) is 0. The molecular formula is C21H29NO4S. The summed E-state index contributed by atoms with van der Waals surface area (Å²) in [5.41, 5.74) is 1.69. The van der Waals surface area contributed by atoms with Crippen LogP contribution < -0.4 is 5.32 Å². The normalized spacial score (nSPS) is 21.9. The molecule has 5 nitrogen and oxygen atoms in total. The van der Waals surface area contributed by atoms with Gasteiger partial charge in [-0.2, -0.15) is 0 Å². The van der Waals surface area contributed by atoms with Gasteiger partial charge in [0.05, 0.1) is 24.7 Å². The van der Waals surface area contributed by atoms with Crippen LogP contribution in [-0.4, -0.2) is 43.1 Å². The summed E-state index contributed by atoms with van der Waals surface area (Å²) in [5.74, 6) is -0.197. The fourth-order valence-electron chi connectivity index (χ4n) is 3.31. The summed E-state index contributed by atoms with van der Waals surface area (Å²) >= 11 is 5.06. The number of ether oxygens (including phenoxy) is 2. The molecule has 3 atom stereocenters. The molecule has 0 saturated carbocycles. The fraction of sp³-hybridized carbons (Fsp3) is 0.571. The van der Waals surface area contributed by atoms with E-state index in [-0.39, 0.29) is 29.8 Å². The summed E-state index contributed by atoms with van der Waals surface area (Å²) < 4.78 is 10.5. The van der Waals surface area contributed by atoms with E-state index in [9.17, 15) is 9.59 Å². The SMILES string of the molecule is CCOC(=O)C1C(CCc2ccc(C(=O)OCC(C)C)cc2)CNC1C=S. The van der Waals surface area contributed by atoms with Gasteiger partial charge in [-0.05, 0) is 61.2 Å². The van der Waals surface area contributed by atoms with E-state index in [2.05, 4.69) is 5.32 Å². The largest absolute Gasteiger partial charge is 0.466 e. The van der Waals surface area contributed by atoms with Crippen molar-refractivity contribution < 1.29 is 19.1 Å². The van der Waals surface area contributed by atoms with E-state index < -0.39 is 0 Å². The Balaban J connectivity index is 1.92. The van der Waals surface area contributed by atoms with E-state index >= 15 is 0 Å². The van der Waals surface area contributed by atoms with E-state index in [1.165, 1.54) is 0 Å². The van der Waals surface area contributed by atoms with Crippen molar-refractivity contribution in [2.75, 3.05) is 19.8 Å². The average Bonchev–Trinajstić information content (AvgIpc) is 3.08. The molecule has 3 unspecified atom stereocenters. The molecule has 0 spiro atoms. The first-order valence-electron chi connectivity index (χ1n) is 9.57. The fourth-order valence-corrected chi connectivity index (χ4v) is 3.58. The Hall–Kier alpha value is -1.79. The molecule has 1 aliphatic heterocycles. The highest BCUT2D eigenvalue weighted by Gasteiger charge is 2.40. The van der Waals surface area contributed by atoms with Crippen LogP contribution in [0, 0.1) is 17.8 Å². The Morgan fingerprint density at radius 3 is 2.56 bits per heavy atom. The Kier molecular flexibility index (Phi) is 8.38. The predicted molar refractivity (Wildman–Crippen MR) is 109 cm³/mol. The molecule has 148 valence electrons. The molecule has 1 aromatic rings. The lowest BCUT2D eigenvalue weighted by molar-refractivity contribution is -0.149. The van der Waals surface area contributed by atoms with Crippen molar-refractivity contribution in [2.45, 2.75) is 39.7 Å². The molecule has 0 radical (unpaired) electrons. The van der Waals surface area contributed by atoms with Crippen LogP contribution >= 0.6 is 12.2 Å². The van der Waals surface area contributed by atoms with Gasteiger partial charge in [0, 0.05) is 6.04 Å². The molecular weight excluding hydrogens is 362 g/mol. The van der Waals surface area contributed by atoms with Crippen LogP contribution in [0.3, 0.4) is 0 Å². The van der Waals surface area contributed by atoms with Gasteiger partial charge in [-0.3, -0.25) is 4.79 Å². The number of rotatable bonds is 9. The molecule has 0 bridgehead atoms. The highest BCUT2D eigenvalue weighted by molar-refractivity contribution is 7.79. The van der Waals surface area contributed by atoms with Gasteiger partial charge in [-0.15, -0.1) is 0 Å². The van der Waals surface area contributed by atoms with Crippen molar-refractivity contribution in [3.63, 3.8) is 0 Å². The first-order chi connectivity index (χ1) is 13.0. The summed E-state index contributed by atoms with van der Waals surface area (Å²) in [5, 5.41) is 4.93. The zero-order chi connectivity index (χ0) is 19.8. The number of carbonyl (C=O) groups is 2. The maximum absolute atomic E-state index is 12.3. The number of carbonyl (C=O) groups excluding carboxylic acids is 2. The summed E-state index contributed by atoms with van der Waals surface area (Å²) in [6.07, 6.45) is 1.68. The second-order valence-corrected chi connectivity index (χ2v) is 7.61. The lowest BCUT2D eigenvalue weighted by Crippen LogP contribution is -2.35. The Morgan fingerprint density at radius 2 is 1.96 bits per heavy atom. The molecule has 6 heteroatoms. The second kappa shape index (κ2) is 10.5. The van der Waals surface area contributed by atoms with Crippen LogP contribution in [0.1, 0.15) is 43.1 Å². The zero-order valence-electron chi connectivity index (χ0n) is 16.3. The Morgan fingerprint density at radius 1 is 1.26 bits per heavy atom. The van der Waals surface area contributed by atoms with Gasteiger partial charge >= 0.3 is 11.9 Å². The van der Waals surface area contributed by atoms with E-state index in [1.807, 2.05) is 32.9 Å². The van der Waals surface area contributed by atoms with Gasteiger partial charge in [0.1, 0.15) is 0 Å². The third-order valence-corrected chi connectivity index (χ3v) is 5.05. The van der Waals surface area contributed by atoms with Crippen molar-refractivity contribution in [3.05, 3.63) is 35.4 Å². The molecule has 1 N–H and O–H groups in total. The van der Waals surface area contributed by atoms with E-state index in [0.717, 1.165) is 24.9 Å². The van der Waals surface area contributed by atoms with Crippen LogP contribution in [0.5, 0.6) is 0 Å². The zero-order valence-corrected chi connectivity index (χ0v) is 17.1. The second-order valence-electron chi connectivity index (χ2n) is 7.34. The van der Waals surface area contributed by atoms with Crippen LogP contribution in [0.2, 0.25) is 0 Å². The summed E-state index contributed by atoms with van der Waals surface area (Å²) in [6, 6.07) is 7.39. The maximum atomic E-state index is 12.3. The molecule has 2 rings (SSSR count). The van der Waals surface area contributed by atoms with Gasteiger partial charge in [-0.25, -0.2) is 4.79 Å². The van der Waals surface area contributed by atoms with E-state index in [4.69, 9.17) is 21.7 Å². The average molecular weight is 392 g/mol. The van der Waals surface area contributed by atoms with Gasteiger partial charge in [0.15, 0.2) is 0 Å². The molecule has 0 amide bonds. The molecule has 0 aliphatic carbocycles. The maximum Gasteiger partial charge on any atom is 0.338 e. The Labute approximate surface area is 166 Å². The minimum absolute atomic E-state index is 0.109. The van der Waals surface area contributed by atoms with Crippen LogP contribution in [0.15, 0.2) is 24.3 Å². The van der Waals surface area contributed by atoms with Gasteiger partial charge in [-0.1, -0.05) is 38.2 Å². The smallest absolute Gasteiger partial charge is 0.338 e. The molecule has 1 heterocycles. The van der Waals surface area contributed by atoms with E-state index in [0.29, 0.717) is 24.7 Å². The van der Waals surface area contributed by atoms with Crippen LogP contribution in [0.25, 0.3) is 0 Å². The highest BCUT2D eigenvalue weighted by atomic mass is 32.1. The number of hydrogen-bond donors (Lipinski definition) is 1. The topological polar surface area (TPSA) is 64.6 Å². The quantitative estimate of drug-likeness (QED) is 0.515. The molecule has 1 fully saturated rings. The number of aryl methyl sites for hydroxylation is 1. The van der Waals surface area contributed by atoms with Crippen LogP contribution in [0.4, 0.5) is 0 Å². The minimum atomic E-state index is -0.290. The summed E-state index contributed by atoms with van der Waals surface area (Å²) in [6.45, 7) is 7.38. The van der Waals surface area contributed by atoms with Crippen molar-refractivity contribution in [3.8, 4) is 0 Å². The van der Waals surface area contributed by atoms with Gasteiger partial charge < -0.3 is 14.8 Å². The third-order valence-electron chi connectivity index (χ3n) is 4.76. The van der Waals surface area contributed by atoms with Gasteiger partial charge in [0.2, 0.25) is 0 Å². The monoisotopic (exact) mass is 391 g/mol. The first-order valence-corrected chi connectivity index (χ1v) is 10.0. The minimum Gasteiger partial charge on any atom is -0.466 e. The lowest BCUT2D eigenvalue weighted by Gasteiger charge is -2.20. The third kappa shape index (κ3) is 6.11. The van der Waals surface area contributed by atoms with Crippen molar-refractivity contribution in [2.24, 2.45) is 17.8 Å². The standard InChI is InChI=1S/C21H29NO4S/c1-4-25-21(24)19-17(11-22-18(19)13-27)10-7-15-5-8-16(9-6-15)20(23)26-12-14(2)3/h5-6,8-9,13-14,17-19,22H,4,7,10-12H2,1-3H3. The van der Waals surface area contributed by atoms with Crippen molar-refractivity contribution in [1.82, 2.24) is 5.32 Å².